The quantitative estimate of drug-likeness (QED) is 0.788. The van der Waals surface area contributed by atoms with Crippen LogP contribution in [0.15, 0.2) is 30.3 Å². The molecule has 2 heterocycles. The van der Waals surface area contributed by atoms with Gasteiger partial charge in [-0.15, -0.1) is 11.8 Å². The van der Waals surface area contributed by atoms with Gasteiger partial charge in [-0.3, -0.25) is 9.59 Å². The molecule has 6 nitrogen and oxygen atoms in total. The molecule has 0 spiro atoms. The van der Waals surface area contributed by atoms with Gasteiger partial charge in [0, 0.05) is 38.7 Å². The summed E-state index contributed by atoms with van der Waals surface area (Å²) in [4.78, 5) is 28.3. The standard InChI is InChI=1S/C20H28N2O4S/c23-13-17-12-22(7-6-18(17)16-4-2-1-3-5-16)20(25)15-27-14-19(24)21-8-10-26-11-9-21/h1-5,17-18,23H,6-15H2/t17-,18+/m0/s1. The van der Waals surface area contributed by atoms with Crippen LogP contribution in [0, 0.1) is 5.92 Å². The van der Waals surface area contributed by atoms with Gasteiger partial charge in [0.25, 0.3) is 0 Å². The fourth-order valence-corrected chi connectivity index (χ4v) is 4.62. The first-order chi connectivity index (χ1) is 13.2. The van der Waals surface area contributed by atoms with Crippen LogP contribution in [0.3, 0.4) is 0 Å². The first kappa shape index (κ1) is 20.2. The van der Waals surface area contributed by atoms with Crippen molar-refractivity contribution in [3.05, 3.63) is 35.9 Å². The van der Waals surface area contributed by atoms with E-state index < -0.39 is 0 Å². The van der Waals surface area contributed by atoms with Crippen LogP contribution in [0.1, 0.15) is 17.9 Å². The summed E-state index contributed by atoms with van der Waals surface area (Å²) in [5, 5.41) is 9.81. The molecule has 0 bridgehead atoms. The van der Waals surface area contributed by atoms with E-state index in [0.29, 0.717) is 50.9 Å². The summed E-state index contributed by atoms with van der Waals surface area (Å²) in [7, 11) is 0. The summed E-state index contributed by atoms with van der Waals surface area (Å²) < 4.78 is 5.25. The highest BCUT2D eigenvalue weighted by Gasteiger charge is 2.31. The van der Waals surface area contributed by atoms with Crippen LogP contribution < -0.4 is 0 Å². The highest BCUT2D eigenvalue weighted by molar-refractivity contribution is 8.00. The Morgan fingerprint density at radius 1 is 1.04 bits per heavy atom. The van der Waals surface area contributed by atoms with Gasteiger partial charge in [0.1, 0.15) is 0 Å². The lowest BCUT2D eigenvalue weighted by atomic mass is 9.81. The number of thioether (sulfide) groups is 1. The fourth-order valence-electron chi connectivity index (χ4n) is 3.80. The zero-order valence-corrected chi connectivity index (χ0v) is 16.4. The van der Waals surface area contributed by atoms with Crippen LogP contribution in [-0.2, 0) is 14.3 Å². The van der Waals surface area contributed by atoms with Gasteiger partial charge in [0.05, 0.1) is 24.7 Å². The van der Waals surface area contributed by atoms with Gasteiger partial charge in [-0.1, -0.05) is 30.3 Å². The fraction of sp³-hybridized carbons (Fsp3) is 0.600. The van der Waals surface area contributed by atoms with Crippen molar-refractivity contribution in [1.29, 1.82) is 0 Å². The number of amides is 2. The van der Waals surface area contributed by atoms with Crippen molar-refractivity contribution in [2.24, 2.45) is 5.92 Å². The predicted octanol–water partition coefficient (Wildman–Crippen LogP) is 1.20. The molecule has 2 saturated heterocycles. The number of aliphatic hydroxyl groups excluding tert-OH is 1. The molecule has 7 heteroatoms. The summed E-state index contributed by atoms with van der Waals surface area (Å²) in [5.41, 5.74) is 1.23. The minimum atomic E-state index is 0.0553. The Labute approximate surface area is 164 Å². The Bertz CT molecular complexity index is 622. The minimum Gasteiger partial charge on any atom is -0.396 e. The smallest absolute Gasteiger partial charge is 0.232 e. The normalized spacial score (nSPS) is 23.3. The van der Waals surface area contributed by atoms with Gasteiger partial charge >= 0.3 is 0 Å². The number of nitrogens with zero attached hydrogens (tertiary/aromatic N) is 2. The van der Waals surface area contributed by atoms with Crippen molar-refractivity contribution in [3.63, 3.8) is 0 Å². The Morgan fingerprint density at radius 2 is 1.70 bits per heavy atom. The Hall–Kier alpha value is -1.57. The molecule has 2 fully saturated rings. The number of ether oxygens (including phenoxy) is 1. The second kappa shape index (κ2) is 10.1. The molecule has 148 valence electrons. The van der Waals surface area contributed by atoms with E-state index in [1.807, 2.05) is 23.1 Å². The number of rotatable bonds is 6. The maximum absolute atomic E-state index is 12.5. The van der Waals surface area contributed by atoms with Crippen molar-refractivity contribution in [2.45, 2.75) is 12.3 Å². The molecule has 0 aliphatic carbocycles. The molecule has 2 amide bonds. The molecule has 3 rings (SSSR count). The van der Waals surface area contributed by atoms with Gasteiger partial charge in [0.15, 0.2) is 0 Å². The second-order valence-corrected chi connectivity index (χ2v) is 8.06. The number of piperidine rings is 1. The van der Waals surface area contributed by atoms with Crippen LogP contribution >= 0.6 is 11.8 Å². The number of morpholine rings is 1. The van der Waals surface area contributed by atoms with Gasteiger partial charge in [-0.05, 0) is 17.9 Å². The number of carbonyl (C=O) groups excluding carboxylic acids is 2. The molecule has 0 unspecified atom stereocenters. The molecule has 2 atom stereocenters. The summed E-state index contributed by atoms with van der Waals surface area (Å²) >= 11 is 1.38. The zero-order valence-electron chi connectivity index (χ0n) is 15.6. The third-order valence-corrected chi connectivity index (χ3v) is 6.27. The van der Waals surface area contributed by atoms with Crippen molar-refractivity contribution in [2.75, 3.05) is 57.5 Å². The largest absolute Gasteiger partial charge is 0.396 e. The van der Waals surface area contributed by atoms with E-state index in [1.165, 1.54) is 17.3 Å². The average Bonchev–Trinajstić information content (AvgIpc) is 2.74. The van der Waals surface area contributed by atoms with E-state index in [-0.39, 0.29) is 30.3 Å². The van der Waals surface area contributed by atoms with E-state index in [9.17, 15) is 14.7 Å². The molecular formula is C20H28N2O4S. The van der Waals surface area contributed by atoms with Crippen LogP contribution in [-0.4, -0.2) is 84.2 Å². The summed E-state index contributed by atoms with van der Waals surface area (Å²) in [6, 6.07) is 10.2. The van der Waals surface area contributed by atoms with Gasteiger partial charge < -0.3 is 19.6 Å². The predicted molar refractivity (Wildman–Crippen MR) is 106 cm³/mol. The lowest BCUT2D eigenvalue weighted by Crippen LogP contribution is -2.45. The summed E-state index contributed by atoms with van der Waals surface area (Å²) in [5.74, 6) is 1.12. The SMILES string of the molecule is O=C(CSCC(=O)N1CC[C@H](c2ccccc2)[C@H](CO)C1)N1CCOCC1. The molecule has 27 heavy (non-hydrogen) atoms. The lowest BCUT2D eigenvalue weighted by Gasteiger charge is -2.38. The van der Waals surface area contributed by atoms with Crippen molar-refractivity contribution in [1.82, 2.24) is 9.80 Å². The van der Waals surface area contributed by atoms with Crippen LogP contribution in [0.4, 0.5) is 0 Å². The van der Waals surface area contributed by atoms with Crippen molar-refractivity contribution in [3.8, 4) is 0 Å². The molecular weight excluding hydrogens is 364 g/mol. The van der Waals surface area contributed by atoms with E-state index in [0.717, 1.165) is 6.42 Å². The topological polar surface area (TPSA) is 70.1 Å². The maximum atomic E-state index is 12.5. The summed E-state index contributed by atoms with van der Waals surface area (Å²) in [6.45, 7) is 3.81. The van der Waals surface area contributed by atoms with Gasteiger partial charge in [-0.2, -0.15) is 0 Å². The van der Waals surface area contributed by atoms with E-state index >= 15 is 0 Å². The highest BCUT2D eigenvalue weighted by atomic mass is 32.2. The molecule has 0 saturated carbocycles. The Morgan fingerprint density at radius 3 is 2.37 bits per heavy atom. The van der Waals surface area contributed by atoms with E-state index in [1.54, 1.807) is 4.90 Å². The second-order valence-electron chi connectivity index (χ2n) is 7.07. The number of hydrogen-bond acceptors (Lipinski definition) is 5. The number of benzene rings is 1. The first-order valence-electron chi connectivity index (χ1n) is 9.56. The monoisotopic (exact) mass is 392 g/mol. The minimum absolute atomic E-state index is 0.0553. The first-order valence-corrected chi connectivity index (χ1v) is 10.7. The van der Waals surface area contributed by atoms with Crippen LogP contribution in [0.25, 0.3) is 0 Å². The number of likely N-dealkylation sites (tertiary alicyclic amines) is 1. The van der Waals surface area contributed by atoms with Crippen molar-refractivity contribution < 1.29 is 19.4 Å². The zero-order chi connectivity index (χ0) is 19.1. The van der Waals surface area contributed by atoms with Crippen LogP contribution in [0.2, 0.25) is 0 Å². The lowest BCUT2D eigenvalue weighted by molar-refractivity contribution is -0.132. The van der Waals surface area contributed by atoms with Crippen molar-refractivity contribution >= 4 is 23.6 Å². The Kier molecular flexibility index (Phi) is 7.55. The number of carbonyl (C=O) groups is 2. The van der Waals surface area contributed by atoms with Crippen LogP contribution in [0.5, 0.6) is 0 Å². The Balaban J connectivity index is 1.44. The molecule has 2 aliphatic rings. The molecule has 1 N–H and O–H groups in total. The molecule has 2 aliphatic heterocycles. The third kappa shape index (κ3) is 5.46. The number of aliphatic hydroxyl groups is 1. The van der Waals surface area contributed by atoms with Gasteiger partial charge in [-0.25, -0.2) is 0 Å². The average molecular weight is 393 g/mol. The number of hydrogen-bond donors (Lipinski definition) is 1. The molecule has 0 radical (unpaired) electrons. The molecule has 1 aromatic carbocycles. The summed E-state index contributed by atoms with van der Waals surface area (Å²) in [6.07, 6.45) is 0.859. The van der Waals surface area contributed by atoms with E-state index in [4.69, 9.17) is 4.74 Å². The highest BCUT2D eigenvalue weighted by Crippen LogP contribution is 2.32. The maximum Gasteiger partial charge on any atom is 0.232 e. The van der Waals surface area contributed by atoms with E-state index in [2.05, 4.69) is 12.1 Å². The van der Waals surface area contributed by atoms with Gasteiger partial charge in [0.2, 0.25) is 11.8 Å². The third-order valence-electron chi connectivity index (χ3n) is 5.36. The molecule has 1 aromatic rings. The molecule has 0 aromatic heterocycles.